The molecule has 18 heavy (non-hydrogen) atoms. The van der Waals surface area contributed by atoms with Crippen molar-refractivity contribution in [3.63, 3.8) is 0 Å². The van der Waals surface area contributed by atoms with Gasteiger partial charge in [0.05, 0.1) is 6.54 Å². The Morgan fingerprint density at radius 3 is 3.00 bits per heavy atom. The maximum absolute atomic E-state index is 5.61. The van der Waals surface area contributed by atoms with Gasteiger partial charge in [0.25, 0.3) is 0 Å². The van der Waals surface area contributed by atoms with Gasteiger partial charge in [-0.1, -0.05) is 13.3 Å². The normalized spacial score (nSPS) is 19.8. The lowest BCUT2D eigenvalue weighted by Gasteiger charge is -2.24. The molecule has 102 valence electrons. The summed E-state index contributed by atoms with van der Waals surface area (Å²) in [6.07, 6.45) is 5.13. The lowest BCUT2D eigenvalue weighted by atomic mass is 10.2. The molecule has 1 aromatic rings. The third-order valence-electron chi connectivity index (χ3n) is 3.48. The summed E-state index contributed by atoms with van der Waals surface area (Å²) in [5.74, 6) is 1.05. The van der Waals surface area contributed by atoms with Gasteiger partial charge in [-0.25, -0.2) is 0 Å². The summed E-state index contributed by atoms with van der Waals surface area (Å²) in [7, 11) is 0. The number of hydrogen-bond acceptors (Lipinski definition) is 3. The quantitative estimate of drug-likeness (QED) is 0.836. The molecular formula is C14H23BrN2O. The summed E-state index contributed by atoms with van der Waals surface area (Å²) in [5, 5.41) is 3.57. The molecule has 2 rings (SSSR count). The van der Waals surface area contributed by atoms with Crippen LogP contribution >= 0.6 is 15.9 Å². The second kappa shape index (κ2) is 7.31. The van der Waals surface area contributed by atoms with E-state index in [-0.39, 0.29) is 0 Å². The van der Waals surface area contributed by atoms with E-state index < -0.39 is 0 Å². The first kappa shape index (κ1) is 14.1. The van der Waals surface area contributed by atoms with Crippen LogP contribution in [0.2, 0.25) is 0 Å². The molecule has 4 heteroatoms. The van der Waals surface area contributed by atoms with E-state index in [1.54, 1.807) is 0 Å². The maximum atomic E-state index is 5.61. The molecule has 0 radical (unpaired) electrons. The lowest BCUT2D eigenvalue weighted by Crippen LogP contribution is -2.37. The van der Waals surface area contributed by atoms with Crippen LogP contribution in [0.15, 0.2) is 21.2 Å². The molecule has 0 spiro atoms. The van der Waals surface area contributed by atoms with E-state index >= 15 is 0 Å². The third kappa shape index (κ3) is 4.41. The second-order valence-electron chi connectivity index (χ2n) is 5.09. The molecule has 1 aliphatic heterocycles. The van der Waals surface area contributed by atoms with Crippen molar-refractivity contribution in [3.8, 4) is 0 Å². The molecule has 1 unspecified atom stereocenters. The predicted molar refractivity (Wildman–Crippen MR) is 77.6 cm³/mol. The maximum Gasteiger partial charge on any atom is 0.169 e. The van der Waals surface area contributed by atoms with Crippen LogP contribution in [0.1, 0.15) is 38.4 Å². The predicted octanol–water partition coefficient (Wildman–Crippen LogP) is 3.40. The molecular weight excluding hydrogens is 292 g/mol. The third-order valence-corrected chi connectivity index (χ3v) is 3.90. The minimum absolute atomic E-state index is 0.667. The Morgan fingerprint density at radius 1 is 1.50 bits per heavy atom. The molecule has 0 aliphatic carbocycles. The Labute approximate surface area is 118 Å². The van der Waals surface area contributed by atoms with Gasteiger partial charge in [-0.15, -0.1) is 0 Å². The number of hydrogen-bond donors (Lipinski definition) is 1. The highest BCUT2D eigenvalue weighted by atomic mass is 79.9. The standard InChI is InChI=1S/C14H23BrN2O/c1-2-3-9-17(10-12-5-4-8-16-12)11-13-6-7-14(15)18-13/h6-7,12,16H,2-5,8-11H2,1H3. The first-order valence-corrected chi connectivity index (χ1v) is 7.77. The monoisotopic (exact) mass is 314 g/mol. The minimum Gasteiger partial charge on any atom is -0.453 e. The van der Waals surface area contributed by atoms with E-state index in [0.29, 0.717) is 6.04 Å². The highest BCUT2D eigenvalue weighted by molar-refractivity contribution is 9.10. The summed E-state index contributed by atoms with van der Waals surface area (Å²) < 4.78 is 6.44. The number of unbranched alkanes of at least 4 members (excludes halogenated alkanes) is 1. The fourth-order valence-corrected chi connectivity index (χ4v) is 2.84. The van der Waals surface area contributed by atoms with E-state index in [4.69, 9.17) is 4.42 Å². The number of halogens is 1. The summed E-state index contributed by atoms with van der Waals surface area (Å²) in [4.78, 5) is 2.51. The van der Waals surface area contributed by atoms with Crippen molar-refractivity contribution in [1.29, 1.82) is 0 Å². The van der Waals surface area contributed by atoms with Gasteiger partial charge in [-0.05, 0) is 60.4 Å². The smallest absolute Gasteiger partial charge is 0.169 e. The highest BCUT2D eigenvalue weighted by Gasteiger charge is 2.18. The van der Waals surface area contributed by atoms with Crippen molar-refractivity contribution in [1.82, 2.24) is 10.2 Å². The van der Waals surface area contributed by atoms with Crippen molar-refractivity contribution in [2.24, 2.45) is 0 Å². The van der Waals surface area contributed by atoms with Crippen LogP contribution in [0.3, 0.4) is 0 Å². The molecule has 1 fully saturated rings. The van der Waals surface area contributed by atoms with Crippen molar-refractivity contribution in [2.45, 2.75) is 45.2 Å². The van der Waals surface area contributed by atoms with Crippen LogP contribution in [0, 0.1) is 0 Å². The molecule has 3 nitrogen and oxygen atoms in total. The van der Waals surface area contributed by atoms with Crippen molar-refractivity contribution in [3.05, 3.63) is 22.6 Å². The first-order valence-electron chi connectivity index (χ1n) is 6.98. The number of rotatable bonds is 7. The molecule has 1 N–H and O–H groups in total. The van der Waals surface area contributed by atoms with Crippen LogP contribution in [-0.4, -0.2) is 30.6 Å². The minimum atomic E-state index is 0.667. The van der Waals surface area contributed by atoms with Crippen LogP contribution in [-0.2, 0) is 6.54 Å². The Balaban J connectivity index is 1.86. The summed E-state index contributed by atoms with van der Waals surface area (Å²) in [5.41, 5.74) is 0. The summed E-state index contributed by atoms with van der Waals surface area (Å²) in [6.45, 7) is 6.64. The zero-order valence-electron chi connectivity index (χ0n) is 11.1. The zero-order chi connectivity index (χ0) is 12.8. The molecule has 1 aliphatic rings. The van der Waals surface area contributed by atoms with Crippen LogP contribution in [0.4, 0.5) is 0 Å². The topological polar surface area (TPSA) is 28.4 Å². The van der Waals surface area contributed by atoms with Gasteiger partial charge in [0.1, 0.15) is 5.76 Å². The number of nitrogens with zero attached hydrogens (tertiary/aromatic N) is 1. The van der Waals surface area contributed by atoms with Gasteiger partial charge in [0, 0.05) is 12.6 Å². The molecule has 1 atom stereocenters. The summed E-state index contributed by atoms with van der Waals surface area (Å²) >= 11 is 3.37. The lowest BCUT2D eigenvalue weighted by molar-refractivity contribution is 0.219. The molecule has 0 saturated carbocycles. The Bertz CT molecular complexity index is 347. The SMILES string of the molecule is CCCCN(Cc1ccc(Br)o1)CC1CCCN1. The van der Waals surface area contributed by atoms with E-state index in [0.717, 1.165) is 30.1 Å². The van der Waals surface area contributed by atoms with E-state index in [1.165, 1.54) is 32.2 Å². The Morgan fingerprint density at radius 2 is 2.39 bits per heavy atom. The van der Waals surface area contributed by atoms with Crippen LogP contribution < -0.4 is 5.32 Å². The second-order valence-corrected chi connectivity index (χ2v) is 5.87. The van der Waals surface area contributed by atoms with Gasteiger partial charge in [0.2, 0.25) is 0 Å². The summed E-state index contributed by atoms with van der Waals surface area (Å²) in [6, 6.07) is 4.70. The average Bonchev–Trinajstić information content (AvgIpc) is 2.98. The van der Waals surface area contributed by atoms with Crippen molar-refractivity contribution >= 4 is 15.9 Å². The van der Waals surface area contributed by atoms with Gasteiger partial charge in [0.15, 0.2) is 4.67 Å². The molecule has 1 aromatic heterocycles. The first-order chi connectivity index (χ1) is 8.78. The number of furan rings is 1. The largest absolute Gasteiger partial charge is 0.453 e. The zero-order valence-corrected chi connectivity index (χ0v) is 12.7. The van der Waals surface area contributed by atoms with Crippen molar-refractivity contribution in [2.75, 3.05) is 19.6 Å². The molecule has 2 heterocycles. The van der Waals surface area contributed by atoms with E-state index in [2.05, 4.69) is 39.1 Å². The Kier molecular flexibility index (Phi) is 5.73. The molecule has 0 aromatic carbocycles. The number of nitrogens with one attached hydrogen (secondary N) is 1. The van der Waals surface area contributed by atoms with E-state index in [9.17, 15) is 0 Å². The fraction of sp³-hybridized carbons (Fsp3) is 0.714. The van der Waals surface area contributed by atoms with Gasteiger partial charge >= 0.3 is 0 Å². The fourth-order valence-electron chi connectivity index (χ4n) is 2.50. The van der Waals surface area contributed by atoms with Crippen LogP contribution in [0.5, 0.6) is 0 Å². The molecule has 0 amide bonds. The van der Waals surface area contributed by atoms with Crippen molar-refractivity contribution < 1.29 is 4.42 Å². The van der Waals surface area contributed by atoms with Crippen LogP contribution in [0.25, 0.3) is 0 Å². The Hall–Kier alpha value is -0.320. The van der Waals surface area contributed by atoms with E-state index in [1.807, 2.05) is 6.07 Å². The molecule has 1 saturated heterocycles. The highest BCUT2D eigenvalue weighted by Crippen LogP contribution is 2.17. The molecule has 0 bridgehead atoms. The average molecular weight is 315 g/mol. The van der Waals surface area contributed by atoms with Gasteiger partial charge in [-0.2, -0.15) is 0 Å². The van der Waals surface area contributed by atoms with Gasteiger partial charge < -0.3 is 9.73 Å². The van der Waals surface area contributed by atoms with Gasteiger partial charge in [-0.3, -0.25) is 4.90 Å².